The molecular weight excluding hydrogens is 180 g/mol. The molecular formula is C6H8N2O5. The number of hydrogen-bond donors (Lipinski definition) is 4. The maximum Gasteiger partial charge on any atom is 0.325 e. The van der Waals surface area contributed by atoms with Crippen molar-refractivity contribution in [3.05, 3.63) is 21.7 Å². The summed E-state index contributed by atoms with van der Waals surface area (Å²) in [6.07, 6.45) is 0. The van der Waals surface area contributed by atoms with E-state index in [0.29, 0.717) is 0 Å². The van der Waals surface area contributed by atoms with Gasteiger partial charge in [-0.3, -0.25) is 9.59 Å². The molecule has 0 saturated carbocycles. The Labute approximate surface area is 71.7 Å². The molecule has 13 heavy (non-hydrogen) atoms. The molecule has 7 nitrogen and oxygen atoms in total. The van der Waals surface area contributed by atoms with Gasteiger partial charge in [0.25, 0.3) is 5.56 Å². The molecule has 0 amide bonds. The maximum absolute atomic E-state index is 10.9. The third-order valence-corrected chi connectivity index (χ3v) is 1.53. The van der Waals surface area contributed by atoms with Crippen molar-refractivity contribution in [2.45, 2.75) is 12.6 Å². The quantitative estimate of drug-likeness (QED) is 0.459. The van der Waals surface area contributed by atoms with Crippen LogP contribution in [0.4, 0.5) is 0 Å². The lowest BCUT2D eigenvalue weighted by molar-refractivity contribution is -0.138. The van der Waals surface area contributed by atoms with Crippen molar-refractivity contribution in [1.29, 1.82) is 0 Å². The van der Waals surface area contributed by atoms with Crippen molar-refractivity contribution in [2.75, 3.05) is 0 Å². The van der Waals surface area contributed by atoms with Gasteiger partial charge in [-0.05, 0) is 0 Å². The van der Waals surface area contributed by atoms with Gasteiger partial charge < -0.3 is 20.5 Å². The Balaban J connectivity index is 3.18. The van der Waals surface area contributed by atoms with Gasteiger partial charge in [0.15, 0.2) is 5.76 Å². The Morgan fingerprint density at radius 2 is 2.31 bits per heavy atom. The number of nitrogens with two attached hydrogens (primary N) is 1. The topological polar surface area (TPSA) is 130 Å². The highest BCUT2D eigenvalue weighted by atomic mass is 16.5. The minimum absolute atomic E-state index is 0.153. The number of carboxylic acid groups (broad SMARTS) is 1. The smallest absolute Gasteiger partial charge is 0.325 e. The average Bonchev–Trinajstić information content (AvgIpc) is 2.45. The summed E-state index contributed by atoms with van der Waals surface area (Å²) in [5, 5.41) is 19.0. The van der Waals surface area contributed by atoms with Crippen LogP contribution in [0.5, 0.6) is 0 Å². The first kappa shape index (κ1) is 9.49. The molecule has 0 aliphatic rings. The minimum atomic E-state index is -1.48. The molecule has 0 bridgehead atoms. The number of aliphatic hydroxyl groups excluding tert-OH is 1. The fraction of sp³-hybridized carbons (Fsp3) is 0.333. The fourth-order valence-electron chi connectivity index (χ4n) is 0.900. The molecule has 1 atom stereocenters. The Hall–Kier alpha value is -1.60. The first-order valence-corrected chi connectivity index (χ1v) is 3.37. The van der Waals surface area contributed by atoms with Crippen LogP contribution in [0.3, 0.4) is 0 Å². The first-order valence-electron chi connectivity index (χ1n) is 3.37. The number of hydrogen-bond acceptors (Lipinski definition) is 5. The lowest BCUT2D eigenvalue weighted by Gasteiger charge is -2.01. The van der Waals surface area contributed by atoms with Crippen LogP contribution in [0.1, 0.15) is 17.4 Å². The van der Waals surface area contributed by atoms with Crippen LogP contribution in [0.25, 0.3) is 0 Å². The normalized spacial score (nSPS) is 12.8. The van der Waals surface area contributed by atoms with E-state index in [2.05, 4.69) is 4.52 Å². The molecule has 7 heteroatoms. The van der Waals surface area contributed by atoms with Crippen LogP contribution in [0.2, 0.25) is 0 Å². The molecule has 0 spiro atoms. The summed E-state index contributed by atoms with van der Waals surface area (Å²) in [4.78, 5) is 21.4. The number of H-pyrrole nitrogens is 1. The number of rotatable bonds is 3. The second-order valence-corrected chi connectivity index (χ2v) is 2.34. The van der Waals surface area contributed by atoms with Gasteiger partial charge in [-0.25, -0.2) is 0 Å². The molecule has 72 valence electrons. The SMILES string of the molecule is N[C@@H](C(=O)O)c1c(CO)o[nH]c1=O. The van der Waals surface area contributed by atoms with Crippen LogP contribution in [-0.2, 0) is 11.4 Å². The summed E-state index contributed by atoms with van der Waals surface area (Å²) in [5.74, 6) is -1.51. The largest absolute Gasteiger partial charge is 0.480 e. The van der Waals surface area contributed by atoms with Crippen molar-refractivity contribution in [3.63, 3.8) is 0 Å². The second kappa shape index (κ2) is 3.42. The molecule has 0 aliphatic heterocycles. The van der Waals surface area contributed by atoms with E-state index in [9.17, 15) is 9.59 Å². The number of carboxylic acids is 1. The van der Waals surface area contributed by atoms with E-state index >= 15 is 0 Å². The summed E-state index contributed by atoms with van der Waals surface area (Å²) < 4.78 is 4.49. The van der Waals surface area contributed by atoms with Gasteiger partial charge in [0.2, 0.25) is 0 Å². The van der Waals surface area contributed by atoms with E-state index in [1.165, 1.54) is 0 Å². The van der Waals surface area contributed by atoms with E-state index in [1.54, 1.807) is 0 Å². The van der Waals surface area contributed by atoms with E-state index in [-0.39, 0.29) is 11.3 Å². The van der Waals surface area contributed by atoms with Crippen molar-refractivity contribution < 1.29 is 19.5 Å². The number of aromatic amines is 1. The van der Waals surface area contributed by atoms with E-state index in [1.807, 2.05) is 5.16 Å². The zero-order valence-corrected chi connectivity index (χ0v) is 6.48. The lowest BCUT2D eigenvalue weighted by Crippen LogP contribution is -2.26. The molecule has 0 aromatic carbocycles. The van der Waals surface area contributed by atoms with Crippen LogP contribution in [0.15, 0.2) is 9.32 Å². The second-order valence-electron chi connectivity index (χ2n) is 2.34. The summed E-state index contributed by atoms with van der Waals surface area (Å²) in [7, 11) is 0. The lowest BCUT2D eigenvalue weighted by atomic mass is 10.1. The zero-order valence-electron chi connectivity index (χ0n) is 6.48. The zero-order chi connectivity index (χ0) is 10.0. The number of carbonyl (C=O) groups is 1. The third kappa shape index (κ3) is 1.60. The number of aliphatic carboxylic acids is 1. The Morgan fingerprint density at radius 3 is 2.77 bits per heavy atom. The van der Waals surface area contributed by atoms with Crippen molar-refractivity contribution in [3.8, 4) is 0 Å². The standard InChI is InChI=1S/C6H8N2O5/c7-4(6(11)12)3-2(1-9)13-8-5(3)10/h4,9H,1,7H2,(H,8,10)(H,11,12)/t4-/m1/s1. The third-order valence-electron chi connectivity index (χ3n) is 1.53. The van der Waals surface area contributed by atoms with Crippen LogP contribution in [-0.4, -0.2) is 21.3 Å². The van der Waals surface area contributed by atoms with E-state index in [4.69, 9.17) is 15.9 Å². The van der Waals surface area contributed by atoms with Gasteiger partial charge in [0, 0.05) is 0 Å². The summed E-state index contributed by atoms with van der Waals surface area (Å²) >= 11 is 0. The fourth-order valence-corrected chi connectivity index (χ4v) is 0.900. The predicted molar refractivity (Wildman–Crippen MR) is 39.8 cm³/mol. The number of aromatic nitrogens is 1. The van der Waals surface area contributed by atoms with Crippen molar-refractivity contribution >= 4 is 5.97 Å². The molecule has 0 fully saturated rings. The minimum Gasteiger partial charge on any atom is -0.480 e. The molecule has 0 saturated heterocycles. The molecule has 5 N–H and O–H groups in total. The van der Waals surface area contributed by atoms with Crippen molar-refractivity contribution in [1.82, 2.24) is 5.16 Å². The van der Waals surface area contributed by atoms with Crippen LogP contribution >= 0.6 is 0 Å². The Bertz CT molecular complexity index is 365. The highest BCUT2D eigenvalue weighted by molar-refractivity contribution is 5.75. The average molecular weight is 188 g/mol. The summed E-state index contributed by atoms with van der Waals surface area (Å²) in [5.41, 5.74) is 4.18. The first-order chi connectivity index (χ1) is 6.07. The highest BCUT2D eigenvalue weighted by Crippen LogP contribution is 2.11. The molecule has 1 aromatic heterocycles. The van der Waals surface area contributed by atoms with Gasteiger partial charge in [0.1, 0.15) is 12.6 Å². The number of nitrogens with one attached hydrogen (secondary N) is 1. The highest BCUT2D eigenvalue weighted by Gasteiger charge is 2.24. The van der Waals surface area contributed by atoms with Gasteiger partial charge in [-0.15, -0.1) is 0 Å². The molecule has 1 aromatic rings. The van der Waals surface area contributed by atoms with Crippen LogP contribution in [0, 0.1) is 0 Å². The van der Waals surface area contributed by atoms with Gasteiger partial charge in [-0.1, -0.05) is 0 Å². The monoisotopic (exact) mass is 188 g/mol. The molecule has 0 aliphatic carbocycles. The van der Waals surface area contributed by atoms with Gasteiger partial charge in [0.05, 0.1) is 5.56 Å². The molecule has 1 rings (SSSR count). The number of aliphatic hydroxyl groups is 1. The van der Waals surface area contributed by atoms with Crippen molar-refractivity contribution in [2.24, 2.45) is 5.73 Å². The van der Waals surface area contributed by atoms with E-state index in [0.717, 1.165) is 0 Å². The Kier molecular flexibility index (Phi) is 2.49. The summed E-state index contributed by atoms with van der Waals surface area (Å²) in [6, 6.07) is -1.48. The molecule has 0 unspecified atom stereocenters. The van der Waals surface area contributed by atoms with Gasteiger partial charge >= 0.3 is 5.97 Å². The van der Waals surface area contributed by atoms with E-state index < -0.39 is 24.2 Å². The van der Waals surface area contributed by atoms with Crippen LogP contribution < -0.4 is 11.3 Å². The molecule has 1 heterocycles. The Morgan fingerprint density at radius 1 is 1.69 bits per heavy atom. The van der Waals surface area contributed by atoms with Gasteiger partial charge in [-0.2, -0.15) is 5.16 Å². The maximum atomic E-state index is 10.9. The summed E-state index contributed by atoms with van der Waals surface area (Å²) in [6.45, 7) is -0.574. The molecule has 0 radical (unpaired) electrons. The predicted octanol–water partition coefficient (Wildman–Crippen LogP) is -1.46.